The van der Waals surface area contributed by atoms with Gasteiger partial charge in [-0.3, -0.25) is 0 Å². The van der Waals surface area contributed by atoms with Crippen molar-refractivity contribution in [1.82, 2.24) is 9.03 Å². The summed E-state index contributed by atoms with van der Waals surface area (Å²) in [6.07, 6.45) is 0. The van der Waals surface area contributed by atoms with Crippen molar-refractivity contribution in [2.24, 2.45) is 0 Å². The molecule has 0 atom stereocenters. The summed E-state index contributed by atoms with van der Waals surface area (Å²) in [4.78, 5) is 0.00502. The highest BCUT2D eigenvalue weighted by molar-refractivity contribution is 7.89. The van der Waals surface area contributed by atoms with Gasteiger partial charge in [0.15, 0.2) is 0 Å². The fourth-order valence-electron chi connectivity index (χ4n) is 2.17. The van der Waals surface area contributed by atoms with Crippen LogP contribution in [0.25, 0.3) is 0 Å². The van der Waals surface area contributed by atoms with E-state index in [9.17, 15) is 16.8 Å². The van der Waals surface area contributed by atoms with Crippen LogP contribution in [0.5, 0.6) is 0 Å². The van der Waals surface area contributed by atoms with Crippen LogP contribution in [0.15, 0.2) is 52.3 Å². The molecular weight excluding hydrogens is 384 g/mol. The molecule has 0 spiro atoms. The van der Waals surface area contributed by atoms with Crippen LogP contribution in [0.1, 0.15) is 11.1 Å². The Morgan fingerprint density at radius 1 is 1.00 bits per heavy atom. The molecule has 2 aromatic rings. The van der Waals surface area contributed by atoms with Crippen LogP contribution in [0, 0.1) is 6.92 Å². The summed E-state index contributed by atoms with van der Waals surface area (Å²) in [7, 11) is -4.72. The van der Waals surface area contributed by atoms with Crippen LogP contribution < -0.4 is 4.72 Å². The first kappa shape index (κ1) is 19.9. The molecule has 2 rings (SSSR count). The molecule has 25 heavy (non-hydrogen) atoms. The predicted molar refractivity (Wildman–Crippen MR) is 97.5 cm³/mol. The average Bonchev–Trinajstić information content (AvgIpc) is 2.52. The first-order valence-corrected chi connectivity index (χ1v) is 10.6. The molecule has 0 saturated heterocycles. The first-order valence-electron chi connectivity index (χ1n) is 7.32. The Hall–Kier alpha value is -1.45. The maximum Gasteiger partial charge on any atom is 0.242 e. The van der Waals surface area contributed by atoms with E-state index in [1.165, 1.54) is 26.2 Å². The van der Waals surface area contributed by atoms with Gasteiger partial charge in [0, 0.05) is 20.6 Å². The summed E-state index contributed by atoms with van der Waals surface area (Å²) in [6.45, 7) is 1.63. The van der Waals surface area contributed by atoms with Gasteiger partial charge in [-0.2, -0.15) is 0 Å². The topological polar surface area (TPSA) is 83.5 Å². The van der Waals surface area contributed by atoms with Gasteiger partial charge in [0.25, 0.3) is 0 Å². The summed E-state index contributed by atoms with van der Waals surface area (Å²) < 4.78 is 53.2. The summed E-state index contributed by atoms with van der Waals surface area (Å²) in [5, 5.41) is 0.113. The van der Waals surface area contributed by atoms with E-state index in [2.05, 4.69) is 4.72 Å². The molecule has 0 unspecified atom stereocenters. The number of sulfonamides is 2. The van der Waals surface area contributed by atoms with Gasteiger partial charge < -0.3 is 0 Å². The van der Waals surface area contributed by atoms with Crippen molar-refractivity contribution in [3.63, 3.8) is 0 Å². The third kappa shape index (κ3) is 4.39. The van der Waals surface area contributed by atoms with Crippen LogP contribution in [0.2, 0.25) is 5.02 Å². The second-order valence-corrected chi connectivity index (χ2v) is 9.92. The lowest BCUT2D eigenvalue weighted by molar-refractivity contribution is 0.519. The van der Waals surface area contributed by atoms with Crippen molar-refractivity contribution < 1.29 is 16.8 Å². The smallest absolute Gasteiger partial charge is 0.207 e. The lowest BCUT2D eigenvalue weighted by Crippen LogP contribution is -2.27. The number of halogens is 1. The molecule has 0 aliphatic carbocycles. The van der Waals surface area contributed by atoms with Gasteiger partial charge in [0.05, 0.1) is 9.92 Å². The quantitative estimate of drug-likeness (QED) is 0.804. The van der Waals surface area contributed by atoms with Crippen LogP contribution in [-0.4, -0.2) is 35.2 Å². The normalized spacial score (nSPS) is 12.5. The van der Waals surface area contributed by atoms with Crippen molar-refractivity contribution in [2.75, 3.05) is 14.1 Å². The van der Waals surface area contributed by atoms with E-state index in [-0.39, 0.29) is 21.4 Å². The lowest BCUT2D eigenvalue weighted by Gasteiger charge is -2.16. The van der Waals surface area contributed by atoms with E-state index >= 15 is 0 Å². The molecule has 2 aromatic carbocycles. The number of rotatable bonds is 6. The van der Waals surface area contributed by atoms with Gasteiger partial charge in [-0.15, -0.1) is 0 Å². The van der Waals surface area contributed by atoms with Gasteiger partial charge in [-0.25, -0.2) is 25.9 Å². The molecule has 0 aromatic heterocycles. The van der Waals surface area contributed by atoms with Gasteiger partial charge >= 0.3 is 0 Å². The predicted octanol–water partition coefficient (Wildman–Crippen LogP) is 2.38. The Morgan fingerprint density at radius 3 is 2.24 bits per heavy atom. The highest BCUT2D eigenvalue weighted by Crippen LogP contribution is 2.23. The summed E-state index contributed by atoms with van der Waals surface area (Å²) in [5.41, 5.74) is 1.19. The Labute approximate surface area is 153 Å². The van der Waals surface area contributed by atoms with Crippen LogP contribution in [-0.2, 0) is 26.6 Å². The van der Waals surface area contributed by atoms with Crippen molar-refractivity contribution in [3.05, 3.63) is 58.6 Å². The van der Waals surface area contributed by atoms with Crippen molar-refractivity contribution >= 4 is 31.6 Å². The van der Waals surface area contributed by atoms with Gasteiger partial charge in [-0.1, -0.05) is 35.9 Å². The molecule has 9 heteroatoms. The third-order valence-electron chi connectivity index (χ3n) is 3.56. The second-order valence-electron chi connectivity index (χ2n) is 5.65. The monoisotopic (exact) mass is 402 g/mol. The maximum absolute atomic E-state index is 12.5. The van der Waals surface area contributed by atoms with Crippen molar-refractivity contribution in [1.29, 1.82) is 0 Å². The van der Waals surface area contributed by atoms with Crippen LogP contribution in [0.3, 0.4) is 0 Å². The van der Waals surface area contributed by atoms with E-state index in [4.69, 9.17) is 11.6 Å². The maximum atomic E-state index is 12.5. The molecule has 1 N–H and O–H groups in total. The van der Waals surface area contributed by atoms with Gasteiger partial charge in [0.1, 0.15) is 4.90 Å². The van der Waals surface area contributed by atoms with E-state index < -0.39 is 20.0 Å². The zero-order valence-electron chi connectivity index (χ0n) is 14.0. The second kappa shape index (κ2) is 7.43. The van der Waals surface area contributed by atoms with Crippen LogP contribution >= 0.6 is 11.6 Å². The zero-order valence-corrected chi connectivity index (χ0v) is 16.4. The third-order valence-corrected chi connectivity index (χ3v) is 7.36. The molecule has 0 aliphatic heterocycles. The minimum Gasteiger partial charge on any atom is -0.207 e. The molecule has 136 valence electrons. The molecule has 0 bridgehead atoms. The Morgan fingerprint density at radius 2 is 1.64 bits per heavy atom. The number of hydrogen-bond acceptors (Lipinski definition) is 4. The lowest BCUT2D eigenvalue weighted by atomic mass is 10.2. The summed E-state index contributed by atoms with van der Waals surface area (Å²) in [5.74, 6) is 0. The molecular formula is C16H19ClN2O4S2. The molecule has 0 heterocycles. The standard InChI is InChI=1S/C16H19ClN2O4S2/c1-12-8-9-16(14(17)10-12)24(20,21)18-11-13-6-4-5-7-15(13)25(22,23)19(2)3/h4-10,18H,11H2,1-3H3. The highest BCUT2D eigenvalue weighted by atomic mass is 35.5. The molecule has 0 aliphatic rings. The fraction of sp³-hybridized carbons (Fsp3) is 0.250. The number of benzene rings is 2. The summed E-state index contributed by atoms with van der Waals surface area (Å²) in [6, 6.07) is 10.9. The minimum atomic E-state index is -3.88. The molecule has 0 fully saturated rings. The average molecular weight is 403 g/mol. The number of nitrogens with zero attached hydrogens (tertiary/aromatic N) is 1. The zero-order chi connectivity index (χ0) is 18.8. The number of aryl methyl sites for hydroxylation is 1. The van der Waals surface area contributed by atoms with E-state index in [1.54, 1.807) is 37.3 Å². The van der Waals surface area contributed by atoms with E-state index in [0.29, 0.717) is 5.56 Å². The van der Waals surface area contributed by atoms with E-state index in [1.807, 2.05) is 0 Å². The van der Waals surface area contributed by atoms with E-state index in [0.717, 1.165) is 9.87 Å². The largest absolute Gasteiger partial charge is 0.242 e. The number of nitrogens with one attached hydrogen (secondary N) is 1. The molecule has 6 nitrogen and oxygen atoms in total. The first-order chi connectivity index (χ1) is 11.6. The Bertz CT molecular complexity index is 987. The molecule has 0 radical (unpaired) electrons. The minimum absolute atomic E-state index is 0.0484. The fourth-order valence-corrected chi connectivity index (χ4v) is 4.89. The van der Waals surface area contributed by atoms with Crippen LogP contribution in [0.4, 0.5) is 0 Å². The number of hydrogen-bond donors (Lipinski definition) is 1. The highest BCUT2D eigenvalue weighted by Gasteiger charge is 2.23. The van der Waals surface area contributed by atoms with Gasteiger partial charge in [-0.05, 0) is 36.2 Å². The molecule has 0 amide bonds. The van der Waals surface area contributed by atoms with Crippen molar-refractivity contribution in [2.45, 2.75) is 23.3 Å². The SMILES string of the molecule is Cc1ccc(S(=O)(=O)NCc2ccccc2S(=O)(=O)N(C)C)c(Cl)c1. The van der Waals surface area contributed by atoms with Crippen molar-refractivity contribution in [3.8, 4) is 0 Å². The van der Waals surface area contributed by atoms with Gasteiger partial charge in [0.2, 0.25) is 20.0 Å². The Balaban J connectivity index is 2.33. The molecule has 0 saturated carbocycles. The Kier molecular flexibility index (Phi) is 5.90. The summed E-state index contributed by atoms with van der Waals surface area (Å²) >= 11 is 6.02.